The number of aryl methyl sites for hydroxylation is 1. The summed E-state index contributed by atoms with van der Waals surface area (Å²) >= 11 is 1.24. The van der Waals surface area contributed by atoms with Crippen LogP contribution in [0.25, 0.3) is 0 Å². The lowest BCUT2D eigenvalue weighted by atomic mass is 9.98. The van der Waals surface area contributed by atoms with Crippen molar-refractivity contribution in [3.63, 3.8) is 0 Å². The van der Waals surface area contributed by atoms with Crippen LogP contribution in [0.15, 0.2) is 47.4 Å². The van der Waals surface area contributed by atoms with Gasteiger partial charge in [-0.1, -0.05) is 94.2 Å². The Morgan fingerprint density at radius 1 is 0.812 bits per heavy atom. The van der Waals surface area contributed by atoms with Crippen molar-refractivity contribution in [3.8, 4) is 24.2 Å². The van der Waals surface area contributed by atoms with E-state index in [0.29, 0.717) is 0 Å². The van der Waals surface area contributed by atoms with Gasteiger partial charge in [-0.2, -0.15) is 0 Å². The number of thioether (sulfide) groups is 1. The number of carbonyl (C=O) groups excluding carboxylic acids is 1. The van der Waals surface area contributed by atoms with Gasteiger partial charge in [0.2, 0.25) is 0 Å². The van der Waals surface area contributed by atoms with E-state index in [4.69, 9.17) is 6.42 Å². The fourth-order valence-electron chi connectivity index (χ4n) is 3.74. The van der Waals surface area contributed by atoms with Crippen molar-refractivity contribution in [2.45, 2.75) is 89.4 Å². The zero-order chi connectivity index (χ0) is 23.0. The number of terminal acetylenes is 1. The van der Waals surface area contributed by atoms with Crippen LogP contribution >= 0.6 is 11.8 Å². The van der Waals surface area contributed by atoms with E-state index in [1.165, 1.54) is 81.5 Å². The second-order valence-electron chi connectivity index (χ2n) is 8.32. The molecule has 0 unspecified atom stereocenters. The number of carbonyl (C=O) groups is 1. The lowest BCUT2D eigenvalue weighted by molar-refractivity contribution is -0.109. The number of rotatable bonds is 12. The highest BCUT2D eigenvalue weighted by Gasteiger charge is 2.02. The van der Waals surface area contributed by atoms with Crippen molar-refractivity contribution in [2.24, 2.45) is 0 Å². The normalized spacial score (nSPS) is 10.3. The van der Waals surface area contributed by atoms with Crippen LogP contribution in [0.1, 0.15) is 100 Å². The standard InChI is InChI=1S/C30H36OS/c1-4-6-7-8-9-10-11-12-13-14-15-29-24-27(18-21-28(29)5-2)17-16-26-19-22-30(23-20-26)32-25(3)31/h2,18-24H,4,6-15H2,1,3H3. The Bertz CT molecular complexity index is 938. The van der Waals surface area contributed by atoms with Gasteiger partial charge in [0.05, 0.1) is 0 Å². The number of hydrogen-bond donors (Lipinski definition) is 0. The molecule has 2 heteroatoms. The average molecular weight is 445 g/mol. The Kier molecular flexibility index (Phi) is 12.4. The fourth-order valence-corrected chi connectivity index (χ4v) is 4.34. The van der Waals surface area contributed by atoms with Crippen LogP contribution in [0, 0.1) is 24.2 Å². The molecule has 2 rings (SSSR count). The summed E-state index contributed by atoms with van der Waals surface area (Å²) in [4.78, 5) is 12.1. The van der Waals surface area contributed by atoms with Gasteiger partial charge < -0.3 is 0 Å². The van der Waals surface area contributed by atoms with Gasteiger partial charge in [-0.05, 0) is 60.9 Å². The van der Waals surface area contributed by atoms with E-state index >= 15 is 0 Å². The lowest BCUT2D eigenvalue weighted by Gasteiger charge is -2.06. The van der Waals surface area contributed by atoms with Crippen LogP contribution in [-0.4, -0.2) is 5.12 Å². The summed E-state index contributed by atoms with van der Waals surface area (Å²) < 4.78 is 0. The van der Waals surface area contributed by atoms with E-state index in [-0.39, 0.29) is 5.12 Å². The molecule has 2 aromatic rings. The molecule has 0 N–H and O–H groups in total. The first-order valence-corrected chi connectivity index (χ1v) is 12.8. The van der Waals surface area contributed by atoms with Crippen molar-refractivity contribution < 1.29 is 4.79 Å². The van der Waals surface area contributed by atoms with Crippen molar-refractivity contribution >= 4 is 16.9 Å². The molecule has 0 aliphatic rings. The second-order valence-corrected chi connectivity index (χ2v) is 9.57. The number of benzene rings is 2. The summed E-state index contributed by atoms with van der Waals surface area (Å²) in [6.07, 6.45) is 20.1. The molecule has 2 aromatic carbocycles. The SMILES string of the molecule is C#Cc1ccc(C#Cc2ccc(SC(C)=O)cc2)cc1CCCCCCCCCCCC. The summed E-state index contributed by atoms with van der Waals surface area (Å²) in [5, 5.41) is 0.0902. The molecule has 0 spiro atoms. The molecule has 0 heterocycles. The fraction of sp³-hybridized carbons (Fsp3) is 0.433. The Morgan fingerprint density at radius 3 is 1.97 bits per heavy atom. The van der Waals surface area contributed by atoms with Crippen molar-refractivity contribution in [2.75, 3.05) is 0 Å². The molecular formula is C30H36OS. The van der Waals surface area contributed by atoms with E-state index in [2.05, 4.69) is 30.8 Å². The highest BCUT2D eigenvalue weighted by molar-refractivity contribution is 8.13. The predicted octanol–water partition coefficient (Wildman–Crippen LogP) is 8.17. The Balaban J connectivity index is 1.83. The summed E-state index contributed by atoms with van der Waals surface area (Å²) in [6, 6.07) is 14.0. The van der Waals surface area contributed by atoms with Gasteiger partial charge in [-0.3, -0.25) is 4.79 Å². The zero-order valence-corrected chi connectivity index (χ0v) is 20.5. The molecule has 0 radical (unpaired) electrons. The van der Waals surface area contributed by atoms with E-state index in [1.807, 2.05) is 36.4 Å². The minimum atomic E-state index is 0.0902. The molecule has 1 nitrogen and oxygen atoms in total. The monoisotopic (exact) mass is 444 g/mol. The molecule has 0 amide bonds. The van der Waals surface area contributed by atoms with E-state index in [1.54, 1.807) is 6.92 Å². The number of hydrogen-bond acceptors (Lipinski definition) is 2. The molecule has 0 aromatic heterocycles. The minimum Gasteiger partial charge on any atom is -0.287 e. The van der Waals surface area contributed by atoms with Gasteiger partial charge >= 0.3 is 0 Å². The maximum atomic E-state index is 11.2. The van der Waals surface area contributed by atoms with Crippen molar-refractivity contribution in [1.29, 1.82) is 0 Å². The third-order valence-corrected chi connectivity index (χ3v) is 6.32. The smallest absolute Gasteiger partial charge is 0.190 e. The molecule has 0 atom stereocenters. The Labute approximate surface area is 199 Å². The van der Waals surface area contributed by atoms with Gasteiger partial charge in [-0.25, -0.2) is 0 Å². The Hall–Kier alpha value is -2.42. The van der Waals surface area contributed by atoms with Gasteiger partial charge in [0.1, 0.15) is 0 Å². The van der Waals surface area contributed by atoms with Crippen LogP contribution in [0.3, 0.4) is 0 Å². The maximum Gasteiger partial charge on any atom is 0.190 e. The summed E-state index contributed by atoms with van der Waals surface area (Å²) in [7, 11) is 0. The van der Waals surface area contributed by atoms with Gasteiger partial charge in [0.25, 0.3) is 0 Å². The summed E-state index contributed by atoms with van der Waals surface area (Å²) in [5.74, 6) is 9.30. The molecular weight excluding hydrogens is 408 g/mol. The largest absolute Gasteiger partial charge is 0.287 e. The molecule has 168 valence electrons. The molecule has 32 heavy (non-hydrogen) atoms. The van der Waals surface area contributed by atoms with Gasteiger partial charge in [0.15, 0.2) is 5.12 Å². The van der Waals surface area contributed by atoms with Crippen molar-refractivity contribution in [1.82, 2.24) is 0 Å². The lowest BCUT2D eigenvalue weighted by Crippen LogP contribution is -1.93. The highest BCUT2D eigenvalue weighted by atomic mass is 32.2. The van der Waals surface area contributed by atoms with Crippen LogP contribution in [0.2, 0.25) is 0 Å². The molecule has 0 bridgehead atoms. The first-order chi connectivity index (χ1) is 15.6. The van der Waals surface area contributed by atoms with Crippen LogP contribution < -0.4 is 0 Å². The van der Waals surface area contributed by atoms with Gasteiger partial charge in [0, 0.05) is 28.5 Å². The molecule has 0 aliphatic heterocycles. The minimum absolute atomic E-state index is 0.0902. The van der Waals surface area contributed by atoms with Crippen LogP contribution in [0.5, 0.6) is 0 Å². The summed E-state index contributed by atoms with van der Waals surface area (Å²) in [5.41, 5.74) is 4.15. The summed E-state index contributed by atoms with van der Waals surface area (Å²) in [6.45, 7) is 3.84. The highest BCUT2D eigenvalue weighted by Crippen LogP contribution is 2.19. The van der Waals surface area contributed by atoms with Gasteiger partial charge in [-0.15, -0.1) is 6.42 Å². The average Bonchev–Trinajstić information content (AvgIpc) is 2.79. The maximum absolute atomic E-state index is 11.2. The third kappa shape index (κ3) is 10.3. The van der Waals surface area contributed by atoms with E-state index < -0.39 is 0 Å². The molecule has 0 saturated carbocycles. The Morgan fingerprint density at radius 2 is 1.38 bits per heavy atom. The topological polar surface area (TPSA) is 17.1 Å². The van der Waals surface area contributed by atoms with E-state index in [9.17, 15) is 4.79 Å². The quantitative estimate of drug-likeness (QED) is 0.186. The molecule has 0 saturated heterocycles. The third-order valence-electron chi connectivity index (χ3n) is 5.53. The van der Waals surface area contributed by atoms with Crippen LogP contribution in [0.4, 0.5) is 0 Å². The molecule has 0 fully saturated rings. The predicted molar refractivity (Wildman–Crippen MR) is 139 cm³/mol. The second kappa shape index (κ2) is 15.4. The molecule has 0 aliphatic carbocycles. The van der Waals surface area contributed by atoms with Crippen LogP contribution in [-0.2, 0) is 11.2 Å². The first kappa shape index (κ1) is 25.8. The van der Waals surface area contributed by atoms with E-state index in [0.717, 1.165) is 28.0 Å². The first-order valence-electron chi connectivity index (χ1n) is 12.0. The van der Waals surface area contributed by atoms with Crippen molar-refractivity contribution in [3.05, 3.63) is 64.7 Å². The number of unbranched alkanes of at least 4 members (excludes halogenated alkanes) is 9. The zero-order valence-electron chi connectivity index (χ0n) is 19.7.